The second-order valence-corrected chi connectivity index (χ2v) is 3.21. The lowest BCUT2D eigenvalue weighted by atomic mass is 10.1. The van der Waals surface area contributed by atoms with Gasteiger partial charge in [0, 0.05) is 5.56 Å². The molecule has 0 heterocycles. The summed E-state index contributed by atoms with van der Waals surface area (Å²) in [5, 5.41) is 17.4. The number of halogens is 3. The lowest BCUT2D eigenvalue weighted by Gasteiger charge is -2.09. The predicted octanol–water partition coefficient (Wildman–Crippen LogP) is 3.11. The zero-order chi connectivity index (χ0) is 13.8. The number of alkyl halides is 3. The van der Waals surface area contributed by atoms with Crippen LogP contribution in [-0.2, 0) is 10.9 Å². The van der Waals surface area contributed by atoms with E-state index < -0.39 is 11.7 Å². The molecule has 0 aromatic heterocycles. The van der Waals surface area contributed by atoms with Gasteiger partial charge in [0.15, 0.2) is 11.3 Å². The summed E-state index contributed by atoms with van der Waals surface area (Å²) >= 11 is 0. The monoisotopic (exact) mass is 252 g/mol. The molecule has 18 heavy (non-hydrogen) atoms. The van der Waals surface area contributed by atoms with Gasteiger partial charge in [0.25, 0.3) is 0 Å². The second-order valence-electron chi connectivity index (χ2n) is 3.21. The van der Waals surface area contributed by atoms with Gasteiger partial charge >= 0.3 is 6.18 Å². The minimum Gasteiger partial charge on any atom is -0.494 e. The summed E-state index contributed by atoms with van der Waals surface area (Å²) in [7, 11) is 1.24. The average Bonchev–Trinajstić information content (AvgIpc) is 2.35. The second kappa shape index (κ2) is 5.24. The van der Waals surface area contributed by atoms with E-state index in [0.29, 0.717) is 0 Å². The molecule has 1 aromatic carbocycles. The molecule has 0 amide bonds. The molecule has 0 aliphatic heterocycles. The number of allylic oxidation sites excluding steroid dienone is 1. The van der Waals surface area contributed by atoms with Crippen LogP contribution in [0.2, 0.25) is 0 Å². The molecule has 0 fully saturated rings. The molecule has 0 unspecified atom stereocenters. The van der Waals surface area contributed by atoms with Crippen LogP contribution in [0.5, 0.6) is 0 Å². The maximum atomic E-state index is 12.3. The smallest absolute Gasteiger partial charge is 0.416 e. The SMILES string of the molecule is COC(=C(C#N)C#N)c1ccc(C(F)(F)F)cc1. The van der Waals surface area contributed by atoms with Gasteiger partial charge in [-0.2, -0.15) is 23.7 Å². The summed E-state index contributed by atoms with van der Waals surface area (Å²) in [6, 6.07) is 7.26. The van der Waals surface area contributed by atoms with Crippen molar-refractivity contribution < 1.29 is 17.9 Å². The van der Waals surface area contributed by atoms with Crippen molar-refractivity contribution in [2.24, 2.45) is 0 Å². The minimum absolute atomic E-state index is 0.0475. The highest BCUT2D eigenvalue weighted by molar-refractivity contribution is 5.70. The lowest BCUT2D eigenvalue weighted by molar-refractivity contribution is -0.137. The number of rotatable bonds is 2. The number of hydrogen-bond donors (Lipinski definition) is 0. The van der Waals surface area contributed by atoms with Gasteiger partial charge < -0.3 is 4.74 Å². The summed E-state index contributed by atoms with van der Waals surface area (Å²) < 4.78 is 41.9. The number of nitrogens with zero attached hydrogens (tertiary/aromatic N) is 2. The quantitative estimate of drug-likeness (QED) is 0.600. The highest BCUT2D eigenvalue weighted by Gasteiger charge is 2.30. The molecule has 0 saturated carbocycles. The molecule has 6 heteroatoms. The van der Waals surface area contributed by atoms with E-state index in [4.69, 9.17) is 15.3 Å². The fourth-order valence-electron chi connectivity index (χ4n) is 1.30. The molecular weight excluding hydrogens is 245 g/mol. The molecule has 0 aliphatic carbocycles. The third-order valence-corrected chi connectivity index (χ3v) is 2.13. The van der Waals surface area contributed by atoms with E-state index in [9.17, 15) is 13.2 Å². The van der Waals surface area contributed by atoms with Crippen LogP contribution in [0.4, 0.5) is 13.2 Å². The van der Waals surface area contributed by atoms with Gasteiger partial charge in [-0.3, -0.25) is 0 Å². The van der Waals surface area contributed by atoms with Crippen LogP contribution in [0, 0.1) is 22.7 Å². The average molecular weight is 252 g/mol. The van der Waals surface area contributed by atoms with Crippen LogP contribution in [0.15, 0.2) is 29.8 Å². The van der Waals surface area contributed by atoms with Crippen molar-refractivity contribution in [3.63, 3.8) is 0 Å². The molecule has 0 N–H and O–H groups in total. The molecular formula is C12H7F3N2O. The predicted molar refractivity (Wildman–Crippen MR) is 56.6 cm³/mol. The van der Waals surface area contributed by atoms with E-state index in [1.807, 2.05) is 0 Å². The van der Waals surface area contributed by atoms with Crippen LogP contribution >= 0.6 is 0 Å². The van der Waals surface area contributed by atoms with E-state index in [0.717, 1.165) is 24.3 Å². The largest absolute Gasteiger partial charge is 0.494 e. The van der Waals surface area contributed by atoms with Crippen molar-refractivity contribution in [2.45, 2.75) is 6.18 Å². The molecule has 0 atom stereocenters. The Morgan fingerprint density at radius 2 is 1.61 bits per heavy atom. The molecule has 0 spiro atoms. The fraction of sp³-hybridized carbons (Fsp3) is 0.167. The number of hydrogen-bond acceptors (Lipinski definition) is 3. The van der Waals surface area contributed by atoms with Crippen LogP contribution in [0.1, 0.15) is 11.1 Å². The van der Waals surface area contributed by atoms with Crippen LogP contribution in [0.25, 0.3) is 5.76 Å². The van der Waals surface area contributed by atoms with Crippen LogP contribution in [0.3, 0.4) is 0 Å². The summed E-state index contributed by atoms with van der Waals surface area (Å²) in [6.45, 7) is 0. The Kier molecular flexibility index (Phi) is 3.96. The molecule has 0 bridgehead atoms. The fourth-order valence-corrected chi connectivity index (χ4v) is 1.30. The number of nitriles is 2. The standard InChI is InChI=1S/C12H7F3N2O/c1-18-11(9(6-16)7-17)8-2-4-10(5-3-8)12(13,14)15/h2-5H,1H3. The molecule has 1 aromatic rings. The van der Waals surface area contributed by atoms with Crippen molar-refractivity contribution in [3.05, 3.63) is 41.0 Å². The number of methoxy groups -OCH3 is 1. The minimum atomic E-state index is -4.43. The van der Waals surface area contributed by atoms with Gasteiger partial charge in [-0.1, -0.05) is 12.1 Å². The molecule has 3 nitrogen and oxygen atoms in total. The lowest BCUT2D eigenvalue weighted by Crippen LogP contribution is -2.04. The van der Waals surface area contributed by atoms with Gasteiger partial charge in [-0.25, -0.2) is 0 Å². The highest BCUT2D eigenvalue weighted by atomic mass is 19.4. The Bertz CT molecular complexity index is 529. The maximum Gasteiger partial charge on any atom is 0.416 e. The number of benzene rings is 1. The molecule has 0 aliphatic rings. The Morgan fingerprint density at radius 3 is 1.94 bits per heavy atom. The maximum absolute atomic E-state index is 12.3. The van der Waals surface area contributed by atoms with Gasteiger partial charge in [0.2, 0.25) is 0 Å². The molecule has 0 radical (unpaired) electrons. The van der Waals surface area contributed by atoms with Crippen molar-refractivity contribution in [1.82, 2.24) is 0 Å². The van der Waals surface area contributed by atoms with Gasteiger partial charge in [0.05, 0.1) is 12.7 Å². The van der Waals surface area contributed by atoms with E-state index >= 15 is 0 Å². The normalized spacial score (nSPS) is 10.1. The van der Waals surface area contributed by atoms with Crippen LogP contribution < -0.4 is 0 Å². The van der Waals surface area contributed by atoms with E-state index in [1.54, 1.807) is 12.1 Å². The Hall–Kier alpha value is -2.47. The zero-order valence-electron chi connectivity index (χ0n) is 9.25. The third-order valence-electron chi connectivity index (χ3n) is 2.13. The first-order valence-corrected chi connectivity index (χ1v) is 4.70. The summed E-state index contributed by atoms with van der Waals surface area (Å²) in [5.41, 5.74) is -0.863. The van der Waals surface area contributed by atoms with E-state index in [-0.39, 0.29) is 16.9 Å². The summed E-state index contributed by atoms with van der Waals surface area (Å²) in [5.74, 6) is -0.0475. The van der Waals surface area contributed by atoms with Gasteiger partial charge in [-0.15, -0.1) is 0 Å². The molecule has 92 valence electrons. The topological polar surface area (TPSA) is 56.8 Å². The van der Waals surface area contributed by atoms with Gasteiger partial charge in [0.1, 0.15) is 12.1 Å². The van der Waals surface area contributed by atoms with E-state index in [1.165, 1.54) is 7.11 Å². The third kappa shape index (κ3) is 2.80. The highest BCUT2D eigenvalue weighted by Crippen LogP contribution is 2.30. The van der Waals surface area contributed by atoms with Crippen molar-refractivity contribution >= 4 is 5.76 Å². The van der Waals surface area contributed by atoms with Crippen molar-refractivity contribution in [2.75, 3.05) is 7.11 Å². The zero-order valence-corrected chi connectivity index (χ0v) is 9.25. The first kappa shape index (κ1) is 13.6. The Balaban J connectivity index is 3.25. The molecule has 0 saturated heterocycles. The number of ether oxygens (including phenoxy) is 1. The first-order chi connectivity index (χ1) is 8.43. The first-order valence-electron chi connectivity index (χ1n) is 4.70. The summed E-state index contributed by atoms with van der Waals surface area (Å²) in [6.07, 6.45) is -4.43. The van der Waals surface area contributed by atoms with Gasteiger partial charge in [-0.05, 0) is 12.1 Å². The Morgan fingerprint density at radius 1 is 1.11 bits per heavy atom. The van der Waals surface area contributed by atoms with Crippen LogP contribution in [-0.4, -0.2) is 7.11 Å². The molecule has 1 rings (SSSR count). The Labute approximate surface area is 101 Å². The van der Waals surface area contributed by atoms with E-state index in [2.05, 4.69) is 0 Å². The van der Waals surface area contributed by atoms with Crippen molar-refractivity contribution in [3.8, 4) is 12.1 Å². The summed E-state index contributed by atoms with van der Waals surface area (Å²) in [4.78, 5) is 0. The van der Waals surface area contributed by atoms with Crippen molar-refractivity contribution in [1.29, 1.82) is 10.5 Å².